The second kappa shape index (κ2) is 12.0. The predicted octanol–water partition coefficient (Wildman–Crippen LogP) is 3.30. The summed E-state index contributed by atoms with van der Waals surface area (Å²) in [7, 11) is -3.73. The molecule has 7 nitrogen and oxygen atoms in total. The number of carbonyl (C=O) groups is 2. The third kappa shape index (κ3) is 7.87. The van der Waals surface area contributed by atoms with E-state index in [0.717, 1.165) is 27.3 Å². The van der Waals surface area contributed by atoms with E-state index in [4.69, 9.17) is 0 Å². The Morgan fingerprint density at radius 3 is 2.18 bits per heavy atom. The summed E-state index contributed by atoms with van der Waals surface area (Å²) in [5.74, 6) is -0.408. The smallest absolute Gasteiger partial charge is 0.244 e. The standard InChI is InChI=1S/C26H37N3O4S/c1-19(2)17-27-26(31)22(5)28(15-14-23-10-8-7-9-11-23)25(30)18-29(34(6,32)33)24-13-12-20(3)21(4)16-24/h7-13,16,19,22H,14-15,17-18H2,1-6H3,(H,27,31)/t22-/m0/s1. The van der Waals surface area contributed by atoms with Crippen molar-refractivity contribution in [2.45, 2.75) is 47.1 Å². The number of nitrogens with one attached hydrogen (secondary N) is 1. The molecule has 2 rings (SSSR count). The Morgan fingerprint density at radius 2 is 1.62 bits per heavy atom. The van der Waals surface area contributed by atoms with Gasteiger partial charge in [-0.1, -0.05) is 50.2 Å². The van der Waals surface area contributed by atoms with Gasteiger partial charge in [0.15, 0.2) is 0 Å². The number of hydrogen-bond acceptors (Lipinski definition) is 4. The highest BCUT2D eigenvalue weighted by atomic mass is 32.2. The molecule has 0 heterocycles. The van der Waals surface area contributed by atoms with Crippen LogP contribution in [0.3, 0.4) is 0 Å². The minimum Gasteiger partial charge on any atom is -0.354 e. The molecule has 1 atom stereocenters. The number of anilines is 1. The number of aryl methyl sites for hydroxylation is 2. The van der Waals surface area contributed by atoms with E-state index in [1.807, 2.05) is 64.1 Å². The Bertz CT molecular complexity index is 1080. The maximum absolute atomic E-state index is 13.5. The Balaban J connectivity index is 2.31. The molecule has 186 valence electrons. The van der Waals surface area contributed by atoms with Crippen molar-refractivity contribution in [3.05, 3.63) is 65.2 Å². The molecule has 1 N–H and O–H groups in total. The number of hydrogen-bond donors (Lipinski definition) is 1. The van der Waals surface area contributed by atoms with Crippen molar-refractivity contribution in [2.24, 2.45) is 5.92 Å². The maximum Gasteiger partial charge on any atom is 0.244 e. The van der Waals surface area contributed by atoms with Crippen LogP contribution in [0.15, 0.2) is 48.5 Å². The van der Waals surface area contributed by atoms with Crippen molar-refractivity contribution in [1.82, 2.24) is 10.2 Å². The second-order valence-corrected chi connectivity index (χ2v) is 11.1. The fourth-order valence-electron chi connectivity index (χ4n) is 3.52. The fraction of sp³-hybridized carbons (Fsp3) is 0.462. The second-order valence-electron chi connectivity index (χ2n) is 9.18. The van der Waals surface area contributed by atoms with E-state index < -0.39 is 22.0 Å². The summed E-state index contributed by atoms with van der Waals surface area (Å²) >= 11 is 0. The van der Waals surface area contributed by atoms with Crippen molar-refractivity contribution >= 4 is 27.5 Å². The Morgan fingerprint density at radius 1 is 0.971 bits per heavy atom. The van der Waals surface area contributed by atoms with Gasteiger partial charge >= 0.3 is 0 Å². The van der Waals surface area contributed by atoms with Crippen molar-refractivity contribution in [3.8, 4) is 0 Å². The van der Waals surface area contributed by atoms with Crippen LogP contribution in [-0.2, 0) is 26.0 Å². The summed E-state index contributed by atoms with van der Waals surface area (Å²) in [6, 6.07) is 14.2. The topological polar surface area (TPSA) is 86.8 Å². The monoisotopic (exact) mass is 487 g/mol. The zero-order valence-corrected chi connectivity index (χ0v) is 21.9. The molecule has 0 radical (unpaired) electrons. The Labute approximate surface area is 204 Å². The number of rotatable bonds is 11. The van der Waals surface area contributed by atoms with Crippen LogP contribution >= 0.6 is 0 Å². The van der Waals surface area contributed by atoms with E-state index in [2.05, 4.69) is 5.32 Å². The molecule has 2 aromatic carbocycles. The van der Waals surface area contributed by atoms with E-state index in [9.17, 15) is 18.0 Å². The summed E-state index contributed by atoms with van der Waals surface area (Å²) in [6.07, 6.45) is 1.64. The van der Waals surface area contributed by atoms with Gasteiger partial charge in [0.1, 0.15) is 12.6 Å². The molecule has 0 spiro atoms. The van der Waals surface area contributed by atoms with Crippen molar-refractivity contribution < 1.29 is 18.0 Å². The molecule has 2 aromatic rings. The third-order valence-electron chi connectivity index (χ3n) is 5.79. The molecule has 34 heavy (non-hydrogen) atoms. The number of amides is 2. The van der Waals surface area contributed by atoms with Crippen molar-refractivity contribution in [1.29, 1.82) is 0 Å². The lowest BCUT2D eigenvalue weighted by molar-refractivity contribution is -0.138. The average Bonchev–Trinajstić information content (AvgIpc) is 2.77. The molecule has 0 bridgehead atoms. The first-order chi connectivity index (χ1) is 15.9. The molecular formula is C26H37N3O4S. The van der Waals surface area contributed by atoms with Crippen LogP contribution in [0.1, 0.15) is 37.5 Å². The molecule has 0 fully saturated rings. The van der Waals surface area contributed by atoms with Gasteiger partial charge in [-0.05, 0) is 61.9 Å². The van der Waals surface area contributed by atoms with Gasteiger partial charge in [0.2, 0.25) is 21.8 Å². The van der Waals surface area contributed by atoms with Gasteiger partial charge in [-0.25, -0.2) is 8.42 Å². The lowest BCUT2D eigenvalue weighted by Gasteiger charge is -2.31. The first-order valence-electron chi connectivity index (χ1n) is 11.6. The highest BCUT2D eigenvalue weighted by Gasteiger charge is 2.29. The lowest BCUT2D eigenvalue weighted by atomic mass is 10.1. The van der Waals surface area contributed by atoms with Gasteiger partial charge in [-0.15, -0.1) is 0 Å². The normalized spacial score (nSPS) is 12.3. The molecule has 0 unspecified atom stereocenters. The number of sulfonamides is 1. The molecular weight excluding hydrogens is 450 g/mol. The van der Waals surface area contributed by atoms with Gasteiger partial charge in [0.05, 0.1) is 11.9 Å². The summed E-state index contributed by atoms with van der Waals surface area (Å²) < 4.78 is 26.4. The molecule has 0 aliphatic carbocycles. The summed E-state index contributed by atoms with van der Waals surface area (Å²) in [5.41, 5.74) is 3.42. The molecule has 0 aliphatic rings. The van der Waals surface area contributed by atoms with Gasteiger partial charge in [-0.3, -0.25) is 13.9 Å². The molecule has 2 amide bonds. The van der Waals surface area contributed by atoms with E-state index in [0.29, 0.717) is 25.2 Å². The molecule has 8 heteroatoms. The highest BCUT2D eigenvalue weighted by Crippen LogP contribution is 2.22. The van der Waals surface area contributed by atoms with Crippen LogP contribution in [0.25, 0.3) is 0 Å². The number of benzene rings is 2. The van der Waals surface area contributed by atoms with E-state index in [1.54, 1.807) is 19.1 Å². The quantitative estimate of drug-likeness (QED) is 0.527. The summed E-state index contributed by atoms with van der Waals surface area (Å²) in [4.78, 5) is 27.7. The average molecular weight is 488 g/mol. The lowest BCUT2D eigenvalue weighted by Crippen LogP contribution is -2.52. The van der Waals surface area contributed by atoms with Crippen molar-refractivity contribution in [2.75, 3.05) is 30.2 Å². The van der Waals surface area contributed by atoms with Crippen LogP contribution in [0.5, 0.6) is 0 Å². The van der Waals surface area contributed by atoms with Crippen LogP contribution in [0, 0.1) is 19.8 Å². The van der Waals surface area contributed by atoms with Gasteiger partial charge in [-0.2, -0.15) is 0 Å². The maximum atomic E-state index is 13.5. The highest BCUT2D eigenvalue weighted by molar-refractivity contribution is 7.92. The molecule has 0 aromatic heterocycles. The number of nitrogens with zero attached hydrogens (tertiary/aromatic N) is 2. The first kappa shape index (κ1) is 27.4. The van der Waals surface area contributed by atoms with E-state index in [-0.39, 0.29) is 18.4 Å². The molecule has 0 aliphatic heterocycles. The first-order valence-corrected chi connectivity index (χ1v) is 13.4. The van der Waals surface area contributed by atoms with Crippen LogP contribution in [0.4, 0.5) is 5.69 Å². The summed E-state index contributed by atoms with van der Waals surface area (Å²) in [5, 5.41) is 2.88. The van der Waals surface area contributed by atoms with E-state index >= 15 is 0 Å². The Hall–Kier alpha value is -2.87. The van der Waals surface area contributed by atoms with Gasteiger partial charge in [0.25, 0.3) is 0 Å². The fourth-order valence-corrected chi connectivity index (χ4v) is 4.36. The number of carbonyl (C=O) groups excluding carboxylic acids is 2. The minimum absolute atomic E-state index is 0.257. The largest absolute Gasteiger partial charge is 0.354 e. The van der Waals surface area contributed by atoms with Gasteiger partial charge in [0, 0.05) is 13.1 Å². The van der Waals surface area contributed by atoms with Crippen LogP contribution in [0.2, 0.25) is 0 Å². The predicted molar refractivity (Wildman–Crippen MR) is 137 cm³/mol. The molecule has 0 saturated heterocycles. The minimum atomic E-state index is -3.73. The SMILES string of the molecule is Cc1ccc(N(CC(=O)N(CCc2ccccc2)[C@@H](C)C(=O)NCC(C)C)S(C)(=O)=O)cc1C. The van der Waals surface area contributed by atoms with Crippen LogP contribution in [-0.4, -0.2) is 57.1 Å². The van der Waals surface area contributed by atoms with E-state index in [1.165, 1.54) is 4.90 Å². The van der Waals surface area contributed by atoms with Crippen LogP contribution < -0.4 is 9.62 Å². The zero-order valence-electron chi connectivity index (χ0n) is 21.0. The van der Waals surface area contributed by atoms with Gasteiger partial charge < -0.3 is 10.2 Å². The zero-order chi connectivity index (χ0) is 25.5. The Kier molecular flexibility index (Phi) is 9.67. The molecule has 0 saturated carbocycles. The summed E-state index contributed by atoms with van der Waals surface area (Å²) in [6.45, 7) is 9.93. The third-order valence-corrected chi connectivity index (χ3v) is 6.93. The van der Waals surface area contributed by atoms with Crippen molar-refractivity contribution in [3.63, 3.8) is 0 Å².